The fourth-order valence-electron chi connectivity index (χ4n) is 6.96. The van der Waals surface area contributed by atoms with E-state index in [0.29, 0.717) is 0 Å². The molecule has 0 fully saturated rings. The van der Waals surface area contributed by atoms with Crippen LogP contribution in [0.2, 0.25) is 0 Å². The van der Waals surface area contributed by atoms with Crippen molar-refractivity contribution in [3.63, 3.8) is 0 Å². The topological polar surface area (TPSA) is 6.48 Å². The maximum Gasteiger partial charge on any atom is 0.0575 e. The van der Waals surface area contributed by atoms with E-state index in [-0.39, 0.29) is 0 Å². The molecule has 0 atom stereocenters. The van der Waals surface area contributed by atoms with E-state index in [4.69, 9.17) is 0 Å². The molecule has 0 unspecified atom stereocenters. The van der Waals surface area contributed by atoms with Crippen LogP contribution >= 0.6 is 11.3 Å². The van der Waals surface area contributed by atoms with Crippen LogP contribution in [0.3, 0.4) is 0 Å². The van der Waals surface area contributed by atoms with Gasteiger partial charge >= 0.3 is 0 Å². The number of rotatable bonds is 7. The standard InChI is InChI=1S/C46H32N2S/c1-5-16-33(17-6-1)35-19-15-26-39(30-35)47(36-20-7-2-8-21-36)40-31-43(48(37-22-9-3-10-23-37)38-24-11-4-12-25-38)45-42-29-28-34-18-13-14-27-41(34)46(42)49-44(45)32-40/h1-32H. The fourth-order valence-corrected chi connectivity index (χ4v) is 8.26. The number of fused-ring (bicyclic) bond motifs is 5. The van der Waals surface area contributed by atoms with E-state index in [1.807, 2.05) is 11.3 Å². The van der Waals surface area contributed by atoms with Crippen LogP contribution in [-0.4, -0.2) is 0 Å². The van der Waals surface area contributed by atoms with Crippen LogP contribution in [0, 0.1) is 0 Å². The van der Waals surface area contributed by atoms with E-state index in [0.717, 1.165) is 34.1 Å². The fraction of sp³-hybridized carbons (Fsp3) is 0. The zero-order chi connectivity index (χ0) is 32.6. The van der Waals surface area contributed by atoms with Crippen LogP contribution in [0.25, 0.3) is 42.1 Å². The molecule has 9 aromatic rings. The van der Waals surface area contributed by atoms with Gasteiger partial charge in [-0.05, 0) is 82.6 Å². The lowest BCUT2D eigenvalue weighted by Crippen LogP contribution is -2.13. The first-order valence-electron chi connectivity index (χ1n) is 16.6. The Balaban J connectivity index is 1.36. The summed E-state index contributed by atoms with van der Waals surface area (Å²) in [6, 6.07) is 69.8. The number of thiophene rings is 1. The highest BCUT2D eigenvalue weighted by Crippen LogP contribution is 2.50. The van der Waals surface area contributed by atoms with Gasteiger partial charge in [0.2, 0.25) is 0 Å². The summed E-state index contributed by atoms with van der Waals surface area (Å²) < 4.78 is 2.56. The Labute approximate surface area is 290 Å². The molecule has 0 aliphatic heterocycles. The molecule has 0 saturated carbocycles. The summed E-state index contributed by atoms with van der Waals surface area (Å²) >= 11 is 1.88. The molecular formula is C46H32N2S. The monoisotopic (exact) mass is 644 g/mol. The van der Waals surface area contributed by atoms with E-state index in [1.165, 1.54) is 42.1 Å². The Kier molecular flexibility index (Phi) is 7.38. The smallest absolute Gasteiger partial charge is 0.0575 e. The highest BCUT2D eigenvalue weighted by atomic mass is 32.1. The molecular weight excluding hydrogens is 613 g/mol. The molecule has 3 heteroatoms. The van der Waals surface area contributed by atoms with Gasteiger partial charge in [-0.15, -0.1) is 11.3 Å². The van der Waals surface area contributed by atoms with Gasteiger partial charge in [-0.3, -0.25) is 0 Å². The van der Waals surface area contributed by atoms with Gasteiger partial charge in [0, 0.05) is 48.6 Å². The quantitative estimate of drug-likeness (QED) is 0.170. The van der Waals surface area contributed by atoms with Crippen molar-refractivity contribution in [3.05, 3.63) is 194 Å². The lowest BCUT2D eigenvalue weighted by Gasteiger charge is -2.30. The third kappa shape index (κ3) is 5.31. The number of anilines is 6. The van der Waals surface area contributed by atoms with Crippen molar-refractivity contribution < 1.29 is 0 Å². The van der Waals surface area contributed by atoms with Gasteiger partial charge in [-0.25, -0.2) is 0 Å². The number of nitrogens with zero attached hydrogens (tertiary/aromatic N) is 2. The maximum absolute atomic E-state index is 2.41. The molecule has 0 bridgehead atoms. The van der Waals surface area contributed by atoms with Gasteiger partial charge < -0.3 is 9.80 Å². The summed E-state index contributed by atoms with van der Waals surface area (Å²) in [6.07, 6.45) is 0. The molecule has 8 aromatic carbocycles. The van der Waals surface area contributed by atoms with Crippen molar-refractivity contribution in [2.75, 3.05) is 9.80 Å². The lowest BCUT2D eigenvalue weighted by atomic mass is 10.0. The molecule has 0 spiro atoms. The predicted octanol–water partition coefficient (Wildman–Crippen LogP) is 13.8. The summed E-state index contributed by atoms with van der Waals surface area (Å²) in [5.41, 5.74) is 9.08. The Morgan fingerprint density at radius 3 is 1.57 bits per heavy atom. The maximum atomic E-state index is 2.41. The van der Waals surface area contributed by atoms with E-state index in [1.54, 1.807) is 0 Å². The zero-order valence-electron chi connectivity index (χ0n) is 26.8. The minimum absolute atomic E-state index is 1.10. The molecule has 0 aliphatic rings. The van der Waals surface area contributed by atoms with Gasteiger partial charge in [0.1, 0.15) is 0 Å². The normalized spacial score (nSPS) is 11.3. The Morgan fingerprint density at radius 2 is 0.898 bits per heavy atom. The van der Waals surface area contributed by atoms with Gasteiger partial charge in [0.25, 0.3) is 0 Å². The highest BCUT2D eigenvalue weighted by Gasteiger charge is 2.23. The molecule has 1 heterocycles. The van der Waals surface area contributed by atoms with E-state index in [9.17, 15) is 0 Å². The van der Waals surface area contributed by atoms with Crippen LogP contribution in [0.1, 0.15) is 0 Å². The third-order valence-electron chi connectivity index (χ3n) is 9.18. The number of para-hydroxylation sites is 3. The molecule has 0 radical (unpaired) electrons. The largest absolute Gasteiger partial charge is 0.310 e. The minimum Gasteiger partial charge on any atom is -0.310 e. The second-order valence-electron chi connectivity index (χ2n) is 12.2. The lowest BCUT2D eigenvalue weighted by molar-refractivity contribution is 1.26. The van der Waals surface area contributed by atoms with Crippen molar-refractivity contribution in [2.24, 2.45) is 0 Å². The van der Waals surface area contributed by atoms with Crippen LogP contribution in [0.15, 0.2) is 194 Å². The Hall–Kier alpha value is -6.16. The van der Waals surface area contributed by atoms with E-state index >= 15 is 0 Å². The molecule has 9 rings (SSSR count). The molecule has 49 heavy (non-hydrogen) atoms. The summed E-state index contributed by atoms with van der Waals surface area (Å²) in [7, 11) is 0. The van der Waals surface area contributed by atoms with Crippen molar-refractivity contribution in [1.82, 2.24) is 0 Å². The number of hydrogen-bond acceptors (Lipinski definition) is 3. The molecule has 0 saturated heterocycles. The number of hydrogen-bond donors (Lipinski definition) is 0. The molecule has 1 aromatic heterocycles. The first-order chi connectivity index (χ1) is 24.3. The van der Waals surface area contributed by atoms with Crippen molar-refractivity contribution in [3.8, 4) is 11.1 Å². The van der Waals surface area contributed by atoms with E-state index in [2.05, 4.69) is 204 Å². The zero-order valence-corrected chi connectivity index (χ0v) is 27.6. The summed E-state index contributed by atoms with van der Waals surface area (Å²) in [5.74, 6) is 0. The van der Waals surface area contributed by atoms with Crippen LogP contribution < -0.4 is 9.80 Å². The van der Waals surface area contributed by atoms with Gasteiger partial charge in [0.15, 0.2) is 0 Å². The molecule has 0 N–H and O–H groups in total. The molecule has 0 amide bonds. The van der Waals surface area contributed by atoms with Crippen LogP contribution in [0.5, 0.6) is 0 Å². The van der Waals surface area contributed by atoms with Crippen molar-refractivity contribution in [1.29, 1.82) is 0 Å². The molecule has 2 nitrogen and oxygen atoms in total. The molecule has 0 aliphatic carbocycles. The van der Waals surface area contributed by atoms with Gasteiger partial charge in [0.05, 0.1) is 5.69 Å². The second kappa shape index (κ2) is 12.5. The van der Waals surface area contributed by atoms with Crippen LogP contribution in [-0.2, 0) is 0 Å². The molecule has 232 valence electrons. The second-order valence-corrected chi connectivity index (χ2v) is 13.2. The first-order valence-corrected chi connectivity index (χ1v) is 17.4. The average Bonchev–Trinajstić information content (AvgIpc) is 3.56. The summed E-state index contributed by atoms with van der Waals surface area (Å²) in [5, 5.41) is 5.08. The van der Waals surface area contributed by atoms with Crippen molar-refractivity contribution >= 4 is 76.4 Å². The number of benzene rings is 8. The third-order valence-corrected chi connectivity index (χ3v) is 10.4. The first kappa shape index (κ1) is 29.0. The van der Waals surface area contributed by atoms with Crippen molar-refractivity contribution in [2.45, 2.75) is 0 Å². The van der Waals surface area contributed by atoms with E-state index < -0.39 is 0 Å². The van der Waals surface area contributed by atoms with Crippen LogP contribution in [0.4, 0.5) is 34.1 Å². The van der Waals surface area contributed by atoms with Gasteiger partial charge in [-0.2, -0.15) is 0 Å². The Bertz CT molecular complexity index is 2500. The summed E-state index contributed by atoms with van der Waals surface area (Å²) in [6.45, 7) is 0. The minimum atomic E-state index is 1.10. The highest BCUT2D eigenvalue weighted by molar-refractivity contribution is 7.26. The SMILES string of the molecule is c1ccc(-c2cccc(N(c3ccccc3)c3cc(N(c4ccccc4)c4ccccc4)c4c(c3)sc3c5ccccc5ccc34)c2)cc1. The predicted molar refractivity (Wildman–Crippen MR) is 212 cm³/mol. The average molecular weight is 645 g/mol. The Morgan fingerprint density at radius 1 is 0.347 bits per heavy atom. The van der Waals surface area contributed by atoms with Gasteiger partial charge in [-0.1, -0.05) is 133 Å². The summed E-state index contributed by atoms with van der Waals surface area (Å²) in [4.78, 5) is 4.81.